The highest BCUT2D eigenvalue weighted by atomic mass is 16.2. The fraction of sp³-hybridized carbons (Fsp3) is 0.400. The number of carbonyl (C=O) groups is 1. The van der Waals surface area contributed by atoms with E-state index in [0.29, 0.717) is 0 Å². The Morgan fingerprint density at radius 3 is 2.93 bits per heavy atom. The van der Waals surface area contributed by atoms with E-state index in [9.17, 15) is 4.79 Å². The molecule has 1 heterocycles. The number of hydrogen-bond donors (Lipinski definition) is 2. The Bertz CT molecular complexity index is 325. The number of nitrogens with zero attached hydrogens (tertiary/aromatic N) is 1. The van der Waals surface area contributed by atoms with Gasteiger partial charge in [-0.05, 0) is 25.0 Å². The molecule has 3 N–H and O–H groups in total. The second kappa shape index (κ2) is 4.60. The highest BCUT2D eigenvalue weighted by Gasteiger charge is 2.13. The third-order valence-electron chi connectivity index (χ3n) is 2.10. The topological polar surface area (TPSA) is 68.0 Å². The molecule has 0 aliphatic carbocycles. The Balaban J connectivity index is 2.89. The molecule has 14 heavy (non-hydrogen) atoms. The summed E-state index contributed by atoms with van der Waals surface area (Å²) in [6.45, 7) is 3.95. The smallest absolute Gasteiger partial charge is 0.312 e. The van der Waals surface area contributed by atoms with E-state index in [1.807, 2.05) is 26.0 Å². The molecule has 1 aromatic rings. The summed E-state index contributed by atoms with van der Waals surface area (Å²) in [7, 11) is 0. The van der Waals surface area contributed by atoms with E-state index in [4.69, 9.17) is 5.73 Å². The Kier molecular flexibility index (Phi) is 3.45. The summed E-state index contributed by atoms with van der Waals surface area (Å²) in [4.78, 5) is 15.0. The number of urea groups is 1. The lowest BCUT2D eigenvalue weighted by Crippen LogP contribution is -2.33. The number of primary amides is 1. The normalized spacial score (nSPS) is 12.1. The van der Waals surface area contributed by atoms with Crippen LogP contribution in [-0.2, 0) is 0 Å². The molecule has 1 atom stereocenters. The standard InChI is InChI=1S/C10H15N3O/c1-3-8(13-10(11)14)9-7(2)5-4-6-12-9/h4-6,8H,3H2,1-2H3,(H3,11,13,14). The number of nitrogens with one attached hydrogen (secondary N) is 1. The van der Waals surface area contributed by atoms with Crippen LogP contribution in [0.15, 0.2) is 18.3 Å². The van der Waals surface area contributed by atoms with Crippen LogP contribution < -0.4 is 11.1 Å². The number of pyridine rings is 1. The minimum atomic E-state index is -0.512. The van der Waals surface area contributed by atoms with Crippen molar-refractivity contribution >= 4 is 6.03 Å². The third-order valence-corrected chi connectivity index (χ3v) is 2.10. The second-order valence-corrected chi connectivity index (χ2v) is 3.17. The molecule has 0 saturated heterocycles. The summed E-state index contributed by atoms with van der Waals surface area (Å²) < 4.78 is 0. The van der Waals surface area contributed by atoms with E-state index < -0.39 is 6.03 Å². The molecule has 0 fully saturated rings. The molecule has 0 aliphatic heterocycles. The van der Waals surface area contributed by atoms with Gasteiger partial charge >= 0.3 is 6.03 Å². The number of carbonyl (C=O) groups excluding carboxylic acids is 1. The molecule has 4 heteroatoms. The lowest BCUT2D eigenvalue weighted by Gasteiger charge is -2.16. The summed E-state index contributed by atoms with van der Waals surface area (Å²) >= 11 is 0. The molecular weight excluding hydrogens is 178 g/mol. The van der Waals surface area contributed by atoms with Crippen molar-refractivity contribution in [1.82, 2.24) is 10.3 Å². The number of amides is 2. The summed E-state index contributed by atoms with van der Waals surface area (Å²) in [5, 5.41) is 2.66. The molecule has 0 aliphatic rings. The van der Waals surface area contributed by atoms with Gasteiger partial charge in [0.1, 0.15) is 0 Å². The number of rotatable bonds is 3. The van der Waals surface area contributed by atoms with Crippen LogP contribution in [0.1, 0.15) is 30.6 Å². The zero-order valence-electron chi connectivity index (χ0n) is 8.45. The van der Waals surface area contributed by atoms with Gasteiger partial charge in [-0.3, -0.25) is 4.98 Å². The average Bonchev–Trinajstić information content (AvgIpc) is 2.15. The van der Waals surface area contributed by atoms with Crippen molar-refractivity contribution in [3.8, 4) is 0 Å². The molecule has 2 amide bonds. The van der Waals surface area contributed by atoms with Crippen LogP contribution in [0.5, 0.6) is 0 Å². The van der Waals surface area contributed by atoms with Crippen LogP contribution in [0.25, 0.3) is 0 Å². The van der Waals surface area contributed by atoms with Gasteiger partial charge in [0.25, 0.3) is 0 Å². The highest BCUT2D eigenvalue weighted by molar-refractivity contribution is 5.72. The largest absolute Gasteiger partial charge is 0.352 e. The van der Waals surface area contributed by atoms with E-state index >= 15 is 0 Å². The first kappa shape index (κ1) is 10.5. The van der Waals surface area contributed by atoms with Gasteiger partial charge in [-0.25, -0.2) is 4.79 Å². The minimum absolute atomic E-state index is 0.0892. The number of aryl methyl sites for hydroxylation is 1. The molecule has 0 saturated carbocycles. The first-order valence-electron chi connectivity index (χ1n) is 4.62. The van der Waals surface area contributed by atoms with Gasteiger partial charge in [-0.1, -0.05) is 13.0 Å². The first-order chi connectivity index (χ1) is 6.65. The molecule has 1 aromatic heterocycles. The maximum absolute atomic E-state index is 10.7. The van der Waals surface area contributed by atoms with Gasteiger partial charge in [0.05, 0.1) is 11.7 Å². The van der Waals surface area contributed by atoms with Crippen molar-refractivity contribution in [2.24, 2.45) is 5.73 Å². The predicted molar refractivity (Wildman–Crippen MR) is 54.7 cm³/mol. The van der Waals surface area contributed by atoms with Gasteiger partial charge in [0.15, 0.2) is 0 Å². The third kappa shape index (κ3) is 2.45. The molecule has 0 bridgehead atoms. The second-order valence-electron chi connectivity index (χ2n) is 3.17. The summed E-state index contributed by atoms with van der Waals surface area (Å²) in [5.74, 6) is 0. The molecule has 1 unspecified atom stereocenters. The molecule has 0 spiro atoms. The van der Waals surface area contributed by atoms with Crippen molar-refractivity contribution in [2.75, 3.05) is 0 Å². The highest BCUT2D eigenvalue weighted by Crippen LogP contribution is 2.16. The minimum Gasteiger partial charge on any atom is -0.352 e. The SMILES string of the molecule is CCC(NC(N)=O)c1ncccc1C. The van der Waals surface area contributed by atoms with Crippen LogP contribution in [-0.4, -0.2) is 11.0 Å². The molecular formula is C10H15N3O. The van der Waals surface area contributed by atoms with Crippen LogP contribution in [0.3, 0.4) is 0 Å². The molecule has 0 aromatic carbocycles. The van der Waals surface area contributed by atoms with Crippen molar-refractivity contribution in [3.05, 3.63) is 29.6 Å². The zero-order valence-corrected chi connectivity index (χ0v) is 8.45. The van der Waals surface area contributed by atoms with Crippen molar-refractivity contribution in [3.63, 3.8) is 0 Å². The van der Waals surface area contributed by atoms with Crippen LogP contribution >= 0.6 is 0 Å². The average molecular weight is 193 g/mol. The Morgan fingerprint density at radius 1 is 1.71 bits per heavy atom. The Morgan fingerprint density at radius 2 is 2.43 bits per heavy atom. The van der Waals surface area contributed by atoms with Crippen molar-refractivity contribution < 1.29 is 4.79 Å². The Labute approximate surface area is 83.5 Å². The zero-order chi connectivity index (χ0) is 10.6. The van der Waals surface area contributed by atoms with Gasteiger partial charge in [0, 0.05) is 6.20 Å². The number of hydrogen-bond acceptors (Lipinski definition) is 2. The van der Waals surface area contributed by atoms with Crippen LogP contribution in [0.2, 0.25) is 0 Å². The van der Waals surface area contributed by atoms with Crippen LogP contribution in [0.4, 0.5) is 4.79 Å². The van der Waals surface area contributed by atoms with Gasteiger partial charge in [0.2, 0.25) is 0 Å². The number of aromatic nitrogens is 1. The Hall–Kier alpha value is -1.58. The van der Waals surface area contributed by atoms with E-state index in [2.05, 4.69) is 10.3 Å². The fourth-order valence-corrected chi connectivity index (χ4v) is 1.40. The lowest BCUT2D eigenvalue weighted by molar-refractivity contribution is 0.244. The monoisotopic (exact) mass is 193 g/mol. The van der Waals surface area contributed by atoms with Crippen LogP contribution in [0, 0.1) is 6.92 Å². The molecule has 4 nitrogen and oxygen atoms in total. The number of nitrogens with two attached hydrogens (primary N) is 1. The first-order valence-corrected chi connectivity index (χ1v) is 4.62. The summed E-state index contributed by atoms with van der Waals surface area (Å²) in [5.41, 5.74) is 7.02. The molecule has 0 radical (unpaired) electrons. The van der Waals surface area contributed by atoms with Crippen molar-refractivity contribution in [1.29, 1.82) is 0 Å². The summed E-state index contributed by atoms with van der Waals surface area (Å²) in [6.07, 6.45) is 2.49. The van der Waals surface area contributed by atoms with Gasteiger partial charge in [-0.15, -0.1) is 0 Å². The fourth-order valence-electron chi connectivity index (χ4n) is 1.40. The van der Waals surface area contributed by atoms with E-state index in [-0.39, 0.29) is 6.04 Å². The summed E-state index contributed by atoms with van der Waals surface area (Å²) in [6, 6.07) is 3.24. The van der Waals surface area contributed by atoms with E-state index in [1.54, 1.807) is 6.20 Å². The molecule has 76 valence electrons. The van der Waals surface area contributed by atoms with Crippen molar-refractivity contribution in [2.45, 2.75) is 26.3 Å². The van der Waals surface area contributed by atoms with Gasteiger partial charge in [-0.2, -0.15) is 0 Å². The lowest BCUT2D eigenvalue weighted by atomic mass is 10.1. The van der Waals surface area contributed by atoms with E-state index in [0.717, 1.165) is 17.7 Å². The maximum atomic E-state index is 10.7. The molecule has 1 rings (SSSR count). The maximum Gasteiger partial charge on any atom is 0.312 e. The van der Waals surface area contributed by atoms with E-state index in [1.165, 1.54) is 0 Å². The van der Waals surface area contributed by atoms with Gasteiger partial charge < -0.3 is 11.1 Å². The quantitative estimate of drug-likeness (QED) is 0.764. The predicted octanol–water partition coefficient (Wildman–Crippen LogP) is 1.51.